The van der Waals surface area contributed by atoms with Crippen LogP contribution in [0, 0.1) is 0 Å². The predicted octanol–water partition coefficient (Wildman–Crippen LogP) is 15.0. The van der Waals surface area contributed by atoms with Gasteiger partial charge in [0.05, 0.1) is 0 Å². The molecule has 1 aliphatic rings. The summed E-state index contributed by atoms with van der Waals surface area (Å²) in [6.07, 6.45) is 0. The summed E-state index contributed by atoms with van der Waals surface area (Å²) in [4.78, 5) is 2.37. The maximum atomic E-state index is 6.24. The molecule has 0 unspecified atom stereocenters. The monoisotopic (exact) mass is 703 g/mol. The van der Waals surface area contributed by atoms with Crippen LogP contribution >= 0.6 is 0 Å². The van der Waals surface area contributed by atoms with E-state index in [0.717, 1.165) is 39.0 Å². The summed E-state index contributed by atoms with van der Waals surface area (Å²) in [5.41, 5.74) is 15.4. The van der Waals surface area contributed by atoms with Crippen LogP contribution in [0.25, 0.3) is 76.9 Å². The molecule has 11 rings (SSSR count). The highest BCUT2D eigenvalue weighted by molar-refractivity contribution is 6.08. The molecule has 0 N–H and O–H groups in total. The van der Waals surface area contributed by atoms with Crippen molar-refractivity contribution in [1.29, 1.82) is 0 Å². The van der Waals surface area contributed by atoms with Crippen molar-refractivity contribution in [2.24, 2.45) is 0 Å². The molecule has 2 nitrogen and oxygen atoms in total. The van der Waals surface area contributed by atoms with Crippen molar-refractivity contribution in [3.63, 3.8) is 0 Å². The smallest absolute Gasteiger partial charge is 0.135 e. The fraction of sp³-hybridized carbons (Fsp3) is 0.0566. The zero-order chi connectivity index (χ0) is 36.7. The fourth-order valence-electron chi connectivity index (χ4n) is 9.18. The van der Waals surface area contributed by atoms with E-state index in [4.69, 9.17) is 4.42 Å². The third-order valence-corrected chi connectivity index (χ3v) is 11.8. The van der Waals surface area contributed by atoms with Gasteiger partial charge in [-0.25, -0.2) is 0 Å². The molecule has 1 heterocycles. The van der Waals surface area contributed by atoms with Crippen molar-refractivity contribution in [2.75, 3.05) is 4.90 Å². The van der Waals surface area contributed by atoms with Gasteiger partial charge in [-0.1, -0.05) is 141 Å². The first-order valence-corrected chi connectivity index (χ1v) is 19.1. The largest absolute Gasteiger partial charge is 0.456 e. The molecule has 0 fully saturated rings. The van der Waals surface area contributed by atoms with Gasteiger partial charge in [0.2, 0.25) is 0 Å². The molecule has 10 aromatic rings. The standard InChI is InChI=1S/C53H37NO/c1-53(2)48-21-10-8-20-45(48)51-46(32-38-15-6-7-18-43(38)52(51)53)39-24-23-37-31-41(26-25-36(37)29-39)54(40-17-12-16-35(30-40)34-13-4-3-5-14-34)42-27-28-50-47(33-42)44-19-9-11-22-49(44)55-50/h3-33H,1-2H3. The first-order valence-electron chi connectivity index (χ1n) is 19.1. The number of nitrogens with zero attached hydrogens (tertiary/aromatic N) is 1. The van der Waals surface area contributed by atoms with Crippen LogP contribution in [0.2, 0.25) is 0 Å². The Labute approximate surface area is 320 Å². The van der Waals surface area contributed by atoms with Gasteiger partial charge >= 0.3 is 0 Å². The molecule has 0 atom stereocenters. The number of furan rings is 1. The van der Waals surface area contributed by atoms with Gasteiger partial charge in [-0.15, -0.1) is 0 Å². The lowest BCUT2D eigenvalue weighted by atomic mass is 9.79. The second-order valence-corrected chi connectivity index (χ2v) is 15.3. The molecule has 260 valence electrons. The summed E-state index contributed by atoms with van der Waals surface area (Å²) in [5.74, 6) is 0. The Morgan fingerprint density at radius 1 is 0.400 bits per heavy atom. The number of rotatable bonds is 5. The molecule has 55 heavy (non-hydrogen) atoms. The normalized spacial score (nSPS) is 13.1. The van der Waals surface area contributed by atoms with E-state index in [1.807, 2.05) is 12.1 Å². The zero-order valence-electron chi connectivity index (χ0n) is 30.8. The minimum absolute atomic E-state index is 0.0969. The fourth-order valence-corrected chi connectivity index (χ4v) is 9.18. The molecule has 1 aliphatic carbocycles. The quantitative estimate of drug-likeness (QED) is 0.177. The average Bonchev–Trinajstić information content (AvgIpc) is 3.73. The molecule has 0 bridgehead atoms. The van der Waals surface area contributed by atoms with Crippen molar-refractivity contribution in [3.8, 4) is 33.4 Å². The summed E-state index contributed by atoms with van der Waals surface area (Å²) in [5, 5.41) is 7.25. The van der Waals surface area contributed by atoms with Crippen LogP contribution in [0.3, 0.4) is 0 Å². The van der Waals surface area contributed by atoms with E-state index in [1.54, 1.807) is 0 Å². The summed E-state index contributed by atoms with van der Waals surface area (Å²) < 4.78 is 6.24. The van der Waals surface area contributed by atoms with Crippen molar-refractivity contribution < 1.29 is 4.42 Å². The maximum Gasteiger partial charge on any atom is 0.135 e. The van der Waals surface area contributed by atoms with E-state index >= 15 is 0 Å². The highest BCUT2D eigenvalue weighted by atomic mass is 16.3. The highest BCUT2D eigenvalue weighted by Crippen LogP contribution is 2.55. The first-order chi connectivity index (χ1) is 27.0. The van der Waals surface area contributed by atoms with E-state index in [-0.39, 0.29) is 5.41 Å². The van der Waals surface area contributed by atoms with Crippen molar-refractivity contribution >= 4 is 60.5 Å². The Bertz CT molecular complexity index is 3130. The van der Waals surface area contributed by atoms with Crippen molar-refractivity contribution in [3.05, 3.63) is 199 Å². The van der Waals surface area contributed by atoms with E-state index < -0.39 is 0 Å². The summed E-state index contributed by atoms with van der Waals surface area (Å²) in [6.45, 7) is 4.76. The van der Waals surface area contributed by atoms with Crippen LogP contribution in [-0.2, 0) is 5.41 Å². The molecule has 0 spiro atoms. The molecule has 0 aliphatic heterocycles. The maximum absolute atomic E-state index is 6.24. The van der Waals surface area contributed by atoms with Crippen LogP contribution in [0.1, 0.15) is 25.0 Å². The third kappa shape index (κ3) is 4.95. The topological polar surface area (TPSA) is 16.4 Å². The summed E-state index contributed by atoms with van der Waals surface area (Å²) >= 11 is 0. The second-order valence-electron chi connectivity index (χ2n) is 15.3. The lowest BCUT2D eigenvalue weighted by Gasteiger charge is -2.26. The Morgan fingerprint density at radius 2 is 1.07 bits per heavy atom. The molecule has 9 aromatic carbocycles. The van der Waals surface area contributed by atoms with Gasteiger partial charge < -0.3 is 9.32 Å². The van der Waals surface area contributed by atoms with Crippen molar-refractivity contribution in [2.45, 2.75) is 19.3 Å². The minimum Gasteiger partial charge on any atom is -0.456 e. The Morgan fingerprint density at radius 3 is 1.98 bits per heavy atom. The molecule has 0 saturated carbocycles. The van der Waals surface area contributed by atoms with Crippen LogP contribution in [0.15, 0.2) is 192 Å². The SMILES string of the molecule is CC1(C)c2ccccc2-c2c(-c3ccc4cc(N(c5cccc(-c6ccccc6)c5)c5ccc6oc7ccccc7c6c5)ccc4c3)cc3ccccc3c21. The molecule has 0 radical (unpaired) electrons. The van der Waals surface area contributed by atoms with E-state index in [9.17, 15) is 0 Å². The Hall–Kier alpha value is -6.90. The number of hydrogen-bond acceptors (Lipinski definition) is 2. The second kappa shape index (κ2) is 12.1. The van der Waals surface area contributed by atoms with Crippen LogP contribution < -0.4 is 4.90 Å². The number of benzene rings is 9. The average molecular weight is 704 g/mol. The summed E-state index contributed by atoms with van der Waals surface area (Å²) in [7, 11) is 0. The van der Waals surface area contributed by atoms with Gasteiger partial charge in [0.25, 0.3) is 0 Å². The molecule has 0 amide bonds. The van der Waals surface area contributed by atoms with E-state index in [2.05, 4.69) is 195 Å². The lowest BCUT2D eigenvalue weighted by Crippen LogP contribution is -2.15. The third-order valence-electron chi connectivity index (χ3n) is 11.8. The highest BCUT2D eigenvalue weighted by Gasteiger charge is 2.38. The van der Waals surface area contributed by atoms with Crippen molar-refractivity contribution in [1.82, 2.24) is 0 Å². The molecular weight excluding hydrogens is 667 g/mol. The van der Waals surface area contributed by atoms with Gasteiger partial charge in [-0.05, 0) is 127 Å². The number of fused-ring (bicyclic) bond motifs is 9. The molecule has 2 heteroatoms. The zero-order valence-corrected chi connectivity index (χ0v) is 30.8. The Balaban J connectivity index is 1.08. The van der Waals surface area contributed by atoms with E-state index in [0.29, 0.717) is 0 Å². The van der Waals surface area contributed by atoms with E-state index in [1.165, 1.54) is 66.1 Å². The van der Waals surface area contributed by atoms with Crippen LogP contribution in [0.5, 0.6) is 0 Å². The van der Waals surface area contributed by atoms with Crippen LogP contribution in [-0.4, -0.2) is 0 Å². The molecule has 1 aromatic heterocycles. The molecule has 0 saturated heterocycles. The number of anilines is 3. The Kier molecular flexibility index (Phi) is 6.93. The van der Waals surface area contributed by atoms with Gasteiger partial charge in [0.15, 0.2) is 0 Å². The molecular formula is C53H37NO. The van der Waals surface area contributed by atoms with Gasteiger partial charge in [-0.3, -0.25) is 0 Å². The summed E-state index contributed by atoms with van der Waals surface area (Å²) in [6, 6.07) is 68.4. The minimum atomic E-state index is -0.0969. The van der Waals surface area contributed by atoms with Gasteiger partial charge in [0.1, 0.15) is 11.2 Å². The van der Waals surface area contributed by atoms with Gasteiger partial charge in [0, 0.05) is 33.2 Å². The first kappa shape index (κ1) is 31.6. The number of hydrogen-bond donors (Lipinski definition) is 0. The lowest BCUT2D eigenvalue weighted by molar-refractivity contribution is 0.666. The van der Waals surface area contributed by atoms with Crippen LogP contribution in [0.4, 0.5) is 17.1 Å². The predicted molar refractivity (Wildman–Crippen MR) is 232 cm³/mol. The van der Waals surface area contributed by atoms with Gasteiger partial charge in [-0.2, -0.15) is 0 Å². The number of para-hydroxylation sites is 1.